The van der Waals surface area contributed by atoms with Gasteiger partial charge in [-0.1, -0.05) is 37.9 Å². The van der Waals surface area contributed by atoms with Crippen LogP contribution < -0.4 is 5.32 Å². The summed E-state index contributed by atoms with van der Waals surface area (Å²) < 4.78 is 28.8. The Labute approximate surface area is 127 Å². The van der Waals surface area contributed by atoms with E-state index in [2.05, 4.69) is 37.2 Å². The Balaban J connectivity index is 2.23. The van der Waals surface area contributed by atoms with E-state index in [-0.39, 0.29) is 17.7 Å². The molecule has 0 aromatic heterocycles. The summed E-state index contributed by atoms with van der Waals surface area (Å²) in [6.45, 7) is 1.79. The van der Waals surface area contributed by atoms with E-state index in [0.29, 0.717) is 20.2 Å². The zero-order valence-corrected chi connectivity index (χ0v) is 13.2. The van der Waals surface area contributed by atoms with Crippen molar-refractivity contribution in [2.45, 2.75) is 13.0 Å². The van der Waals surface area contributed by atoms with Crippen LogP contribution >= 0.6 is 31.9 Å². The average Bonchev–Trinajstić information content (AvgIpc) is 2.32. The molecule has 0 radical (unpaired) electrons. The highest BCUT2D eigenvalue weighted by Crippen LogP contribution is 2.26. The Morgan fingerprint density at radius 2 is 1.53 bits per heavy atom. The highest BCUT2D eigenvalue weighted by Gasteiger charge is 2.13. The molecule has 0 heterocycles. The van der Waals surface area contributed by atoms with Gasteiger partial charge in [0.05, 0.1) is 11.7 Å². The van der Waals surface area contributed by atoms with Crippen LogP contribution in [0.3, 0.4) is 0 Å². The minimum atomic E-state index is -0.376. The van der Waals surface area contributed by atoms with Crippen LogP contribution in [0.25, 0.3) is 0 Å². The molecule has 0 spiro atoms. The molecule has 1 unspecified atom stereocenters. The predicted molar refractivity (Wildman–Crippen MR) is 80.2 cm³/mol. The monoisotopic (exact) mass is 389 g/mol. The predicted octanol–water partition coefficient (Wildman–Crippen LogP) is 5.66. The van der Waals surface area contributed by atoms with Crippen LogP contribution in [-0.2, 0) is 0 Å². The lowest BCUT2D eigenvalue weighted by atomic mass is 10.1. The van der Waals surface area contributed by atoms with Crippen molar-refractivity contribution in [2.24, 2.45) is 0 Å². The number of anilines is 1. The lowest BCUT2D eigenvalue weighted by Crippen LogP contribution is -2.09. The molecule has 0 saturated carbocycles. The number of nitrogens with one attached hydrogen (secondary N) is 1. The van der Waals surface area contributed by atoms with Gasteiger partial charge < -0.3 is 5.32 Å². The molecule has 0 aliphatic heterocycles. The standard InChI is InChI=1S/C14H11Br2F2N/c1-8(11-4-2-9(15)6-12(11)17)19-14-5-3-10(16)7-13(14)18/h2-8,19H,1H3. The second-order valence-electron chi connectivity index (χ2n) is 4.16. The second-order valence-corrected chi connectivity index (χ2v) is 5.99. The zero-order chi connectivity index (χ0) is 14.0. The molecule has 0 aliphatic carbocycles. The summed E-state index contributed by atoms with van der Waals surface area (Å²) in [6.07, 6.45) is 0. The summed E-state index contributed by atoms with van der Waals surface area (Å²) in [5, 5.41) is 2.96. The largest absolute Gasteiger partial charge is 0.376 e. The molecule has 1 N–H and O–H groups in total. The minimum absolute atomic E-state index is 0.327. The van der Waals surface area contributed by atoms with Crippen LogP contribution in [0.5, 0.6) is 0 Å². The Hall–Kier alpha value is -0.940. The van der Waals surface area contributed by atoms with Crippen molar-refractivity contribution in [1.82, 2.24) is 0 Å². The minimum Gasteiger partial charge on any atom is -0.376 e. The lowest BCUT2D eigenvalue weighted by molar-refractivity contribution is 0.595. The van der Waals surface area contributed by atoms with E-state index >= 15 is 0 Å². The Bertz CT molecular complexity index is 602. The first-order valence-corrected chi connectivity index (χ1v) is 7.22. The van der Waals surface area contributed by atoms with Crippen molar-refractivity contribution >= 4 is 37.5 Å². The third-order valence-corrected chi connectivity index (χ3v) is 3.72. The summed E-state index contributed by atoms with van der Waals surface area (Å²) in [5.74, 6) is -0.703. The molecule has 2 aromatic carbocycles. The van der Waals surface area contributed by atoms with Crippen molar-refractivity contribution in [1.29, 1.82) is 0 Å². The summed E-state index contributed by atoms with van der Waals surface area (Å²) >= 11 is 6.40. The van der Waals surface area contributed by atoms with Gasteiger partial charge in [0.25, 0.3) is 0 Å². The summed E-state index contributed by atoms with van der Waals surface area (Å²) in [6, 6.07) is 9.22. The smallest absolute Gasteiger partial charge is 0.147 e. The van der Waals surface area contributed by atoms with Gasteiger partial charge in [-0.05, 0) is 37.3 Å². The molecule has 0 saturated heterocycles. The Morgan fingerprint density at radius 1 is 0.947 bits per heavy atom. The molecule has 2 rings (SSSR count). The first-order valence-electron chi connectivity index (χ1n) is 5.64. The number of rotatable bonds is 3. The van der Waals surface area contributed by atoms with E-state index in [0.717, 1.165) is 0 Å². The van der Waals surface area contributed by atoms with E-state index in [1.54, 1.807) is 31.2 Å². The average molecular weight is 391 g/mol. The van der Waals surface area contributed by atoms with Crippen molar-refractivity contribution in [3.63, 3.8) is 0 Å². The zero-order valence-electron chi connectivity index (χ0n) is 10.1. The van der Waals surface area contributed by atoms with Crippen LogP contribution in [0.2, 0.25) is 0 Å². The molecule has 1 atom stereocenters. The van der Waals surface area contributed by atoms with Crippen LogP contribution in [0.15, 0.2) is 45.3 Å². The van der Waals surface area contributed by atoms with Crippen molar-refractivity contribution in [2.75, 3.05) is 5.32 Å². The van der Waals surface area contributed by atoms with Gasteiger partial charge in [-0.25, -0.2) is 8.78 Å². The highest BCUT2D eigenvalue weighted by atomic mass is 79.9. The summed E-state index contributed by atoms with van der Waals surface area (Å²) in [4.78, 5) is 0. The fraction of sp³-hybridized carbons (Fsp3) is 0.143. The fourth-order valence-electron chi connectivity index (χ4n) is 1.77. The number of hydrogen-bond acceptors (Lipinski definition) is 1. The SMILES string of the molecule is CC(Nc1ccc(Br)cc1F)c1ccc(Br)cc1F. The van der Waals surface area contributed by atoms with E-state index in [4.69, 9.17) is 0 Å². The normalized spacial score (nSPS) is 12.3. The lowest BCUT2D eigenvalue weighted by Gasteiger charge is -2.17. The van der Waals surface area contributed by atoms with E-state index in [1.165, 1.54) is 12.1 Å². The van der Waals surface area contributed by atoms with Crippen LogP contribution in [-0.4, -0.2) is 0 Å². The van der Waals surface area contributed by atoms with Gasteiger partial charge in [-0.15, -0.1) is 0 Å². The van der Waals surface area contributed by atoms with E-state index in [1.807, 2.05) is 0 Å². The number of hydrogen-bond donors (Lipinski definition) is 1. The maximum atomic E-state index is 13.8. The van der Waals surface area contributed by atoms with Crippen molar-refractivity contribution in [3.8, 4) is 0 Å². The molecule has 0 bridgehead atoms. The Morgan fingerprint density at radius 3 is 2.11 bits per heavy atom. The van der Waals surface area contributed by atoms with Gasteiger partial charge in [0, 0.05) is 14.5 Å². The molecule has 5 heteroatoms. The summed E-state index contributed by atoms with van der Waals surface area (Å²) in [7, 11) is 0. The molecular formula is C14H11Br2F2N. The Kier molecular flexibility index (Phi) is 4.58. The molecule has 0 fully saturated rings. The van der Waals surface area contributed by atoms with E-state index in [9.17, 15) is 8.78 Å². The maximum Gasteiger partial charge on any atom is 0.147 e. The molecule has 0 aliphatic rings. The first-order chi connectivity index (χ1) is 8.97. The van der Waals surface area contributed by atoms with Gasteiger partial charge in [0.1, 0.15) is 11.6 Å². The van der Waals surface area contributed by atoms with Crippen LogP contribution in [0.1, 0.15) is 18.5 Å². The third kappa shape index (κ3) is 3.54. The molecule has 0 amide bonds. The van der Waals surface area contributed by atoms with Crippen molar-refractivity contribution in [3.05, 3.63) is 62.5 Å². The van der Waals surface area contributed by atoms with Gasteiger partial charge in [0.2, 0.25) is 0 Å². The number of benzene rings is 2. The number of halogens is 4. The molecule has 1 nitrogen and oxygen atoms in total. The van der Waals surface area contributed by atoms with Gasteiger partial charge in [-0.2, -0.15) is 0 Å². The molecule has 100 valence electrons. The third-order valence-electron chi connectivity index (χ3n) is 2.73. The topological polar surface area (TPSA) is 12.0 Å². The molecule has 19 heavy (non-hydrogen) atoms. The van der Waals surface area contributed by atoms with Gasteiger partial charge in [-0.3, -0.25) is 0 Å². The van der Waals surface area contributed by atoms with E-state index < -0.39 is 0 Å². The fourth-order valence-corrected chi connectivity index (χ4v) is 2.44. The van der Waals surface area contributed by atoms with Crippen molar-refractivity contribution < 1.29 is 8.78 Å². The quantitative estimate of drug-likeness (QED) is 0.712. The first kappa shape index (κ1) is 14.5. The van der Waals surface area contributed by atoms with Gasteiger partial charge in [0.15, 0.2) is 0 Å². The van der Waals surface area contributed by atoms with Crippen LogP contribution in [0, 0.1) is 11.6 Å². The highest BCUT2D eigenvalue weighted by molar-refractivity contribution is 9.10. The molecular weight excluding hydrogens is 380 g/mol. The van der Waals surface area contributed by atoms with Crippen LogP contribution in [0.4, 0.5) is 14.5 Å². The summed E-state index contributed by atoms with van der Waals surface area (Å²) in [5.41, 5.74) is 0.837. The molecule has 2 aromatic rings. The second kappa shape index (κ2) is 6.01. The maximum absolute atomic E-state index is 13.8. The van der Waals surface area contributed by atoms with Gasteiger partial charge >= 0.3 is 0 Å².